The second-order valence-electron chi connectivity index (χ2n) is 6.17. The first-order valence-corrected chi connectivity index (χ1v) is 12.7. The zero-order valence-electron chi connectivity index (χ0n) is 13.7. The molecule has 1 aliphatic heterocycles. The highest BCUT2D eigenvalue weighted by Gasteiger charge is 2.39. The first kappa shape index (κ1) is 20.0. The lowest BCUT2D eigenvalue weighted by molar-refractivity contribution is 0.334. The minimum absolute atomic E-state index is 0.0120. The molecule has 2 aromatic rings. The van der Waals surface area contributed by atoms with E-state index < -0.39 is 25.9 Å². The smallest absolute Gasteiger partial charge is 0.229 e. The Labute approximate surface area is 170 Å². The largest absolute Gasteiger partial charge is 0.244 e. The number of sulfone groups is 1. The summed E-state index contributed by atoms with van der Waals surface area (Å²) in [4.78, 5) is 0.118. The van der Waals surface area contributed by atoms with Crippen LogP contribution >= 0.6 is 31.9 Å². The molecular formula is C17H17Br2NO4S2. The highest BCUT2D eigenvalue weighted by atomic mass is 79.9. The molecule has 9 heteroatoms. The van der Waals surface area contributed by atoms with Crippen molar-refractivity contribution >= 4 is 51.7 Å². The Morgan fingerprint density at radius 2 is 1.77 bits per heavy atom. The summed E-state index contributed by atoms with van der Waals surface area (Å²) in [5.41, 5.74) is 0.812. The Morgan fingerprint density at radius 3 is 2.38 bits per heavy atom. The lowest BCUT2D eigenvalue weighted by Crippen LogP contribution is -2.40. The number of rotatable bonds is 5. The molecule has 3 rings (SSSR count). The van der Waals surface area contributed by atoms with Crippen molar-refractivity contribution in [1.29, 1.82) is 0 Å². The molecule has 0 bridgehead atoms. The van der Waals surface area contributed by atoms with Gasteiger partial charge in [-0.3, -0.25) is 0 Å². The summed E-state index contributed by atoms with van der Waals surface area (Å²) < 4.78 is 53.1. The maximum atomic E-state index is 13.4. The van der Waals surface area contributed by atoms with Crippen LogP contribution in [-0.2, 0) is 26.4 Å². The van der Waals surface area contributed by atoms with Crippen LogP contribution in [0.4, 0.5) is 0 Å². The highest BCUT2D eigenvalue weighted by Crippen LogP contribution is 2.32. The third-order valence-corrected chi connectivity index (χ3v) is 9.41. The van der Waals surface area contributed by atoms with Crippen LogP contribution < -0.4 is 0 Å². The van der Waals surface area contributed by atoms with Crippen LogP contribution in [0.3, 0.4) is 0 Å². The van der Waals surface area contributed by atoms with Gasteiger partial charge in [-0.15, -0.1) is 0 Å². The van der Waals surface area contributed by atoms with Crippen molar-refractivity contribution in [2.24, 2.45) is 0 Å². The molecule has 0 aromatic heterocycles. The fourth-order valence-electron chi connectivity index (χ4n) is 2.98. The molecule has 1 aliphatic rings. The number of hydrogen-bond donors (Lipinski definition) is 0. The van der Waals surface area contributed by atoms with E-state index in [2.05, 4.69) is 31.9 Å². The van der Waals surface area contributed by atoms with Crippen LogP contribution in [0.15, 0.2) is 62.4 Å². The third kappa shape index (κ3) is 4.39. The van der Waals surface area contributed by atoms with Crippen molar-refractivity contribution in [1.82, 2.24) is 4.31 Å². The number of halogens is 2. The Balaban J connectivity index is 2.05. The van der Waals surface area contributed by atoms with E-state index in [1.165, 1.54) is 10.4 Å². The number of sulfonamides is 1. The topological polar surface area (TPSA) is 71.5 Å². The molecule has 0 aliphatic carbocycles. The summed E-state index contributed by atoms with van der Waals surface area (Å²) in [6.45, 7) is 0.127. The van der Waals surface area contributed by atoms with E-state index in [1.54, 1.807) is 12.1 Å². The van der Waals surface area contributed by atoms with E-state index in [9.17, 15) is 16.8 Å². The third-order valence-electron chi connectivity index (χ3n) is 4.28. The molecule has 0 unspecified atom stereocenters. The molecular weight excluding hydrogens is 506 g/mol. The molecule has 0 amide bonds. The lowest BCUT2D eigenvalue weighted by atomic mass is 10.2. The van der Waals surface area contributed by atoms with Crippen molar-refractivity contribution in [2.45, 2.75) is 23.9 Å². The van der Waals surface area contributed by atoms with Crippen molar-refractivity contribution in [2.75, 3.05) is 11.5 Å². The standard InChI is InChI=1S/C17H17Br2NO4S2/c18-14-6-7-16(19)17(10-14)26(23,24)20(11-13-4-2-1-3-5-13)15-8-9-25(21,22)12-15/h1-7,10,15H,8-9,11-12H2/t15-/m0/s1. The molecule has 0 saturated carbocycles. The molecule has 0 N–H and O–H groups in total. The SMILES string of the molecule is O=S1(=O)CC[C@H](N(Cc2ccccc2)S(=O)(=O)c2cc(Br)ccc2Br)C1. The predicted octanol–water partition coefficient (Wildman–Crippen LogP) is 3.59. The zero-order chi connectivity index (χ0) is 18.9. The van der Waals surface area contributed by atoms with E-state index in [-0.39, 0.29) is 22.9 Å². The molecule has 1 heterocycles. The van der Waals surface area contributed by atoms with Gasteiger partial charge in [-0.25, -0.2) is 16.8 Å². The van der Waals surface area contributed by atoms with E-state index >= 15 is 0 Å². The van der Waals surface area contributed by atoms with Crippen molar-refractivity contribution in [3.63, 3.8) is 0 Å². The molecule has 0 spiro atoms. The summed E-state index contributed by atoms with van der Waals surface area (Å²) in [6, 6.07) is 13.5. The molecule has 1 saturated heterocycles. The van der Waals surface area contributed by atoms with Crippen molar-refractivity contribution in [3.05, 3.63) is 63.0 Å². The molecule has 1 fully saturated rings. The Kier molecular flexibility index (Phi) is 5.93. The summed E-state index contributed by atoms with van der Waals surface area (Å²) in [5, 5.41) is 0. The van der Waals surface area contributed by atoms with Crippen LogP contribution in [0.2, 0.25) is 0 Å². The number of hydrogen-bond acceptors (Lipinski definition) is 4. The summed E-state index contributed by atoms with van der Waals surface area (Å²) in [6.07, 6.45) is 0.306. The molecule has 2 aromatic carbocycles. The zero-order valence-corrected chi connectivity index (χ0v) is 18.5. The maximum Gasteiger partial charge on any atom is 0.244 e. The minimum atomic E-state index is -3.89. The Hall–Kier alpha value is -0.740. The lowest BCUT2D eigenvalue weighted by Gasteiger charge is -2.28. The first-order valence-electron chi connectivity index (χ1n) is 7.90. The van der Waals surface area contributed by atoms with Gasteiger partial charge >= 0.3 is 0 Å². The average Bonchev–Trinajstić information content (AvgIpc) is 2.95. The van der Waals surface area contributed by atoms with Crippen LogP contribution in [0.5, 0.6) is 0 Å². The number of benzene rings is 2. The second kappa shape index (κ2) is 7.71. The van der Waals surface area contributed by atoms with Gasteiger partial charge < -0.3 is 0 Å². The summed E-state index contributed by atoms with van der Waals surface area (Å²) in [5.74, 6) is -0.136. The molecule has 0 radical (unpaired) electrons. The van der Waals surface area contributed by atoms with Crippen LogP contribution in [0.25, 0.3) is 0 Å². The van der Waals surface area contributed by atoms with Gasteiger partial charge in [-0.1, -0.05) is 46.3 Å². The van der Waals surface area contributed by atoms with Gasteiger partial charge in [0.2, 0.25) is 10.0 Å². The van der Waals surface area contributed by atoms with Gasteiger partial charge in [0.05, 0.1) is 16.4 Å². The fourth-order valence-corrected chi connectivity index (χ4v) is 7.91. The second-order valence-corrected chi connectivity index (χ2v) is 12.0. The van der Waals surface area contributed by atoms with Gasteiger partial charge in [0.25, 0.3) is 0 Å². The van der Waals surface area contributed by atoms with Gasteiger partial charge in [-0.05, 0) is 46.1 Å². The van der Waals surface area contributed by atoms with Crippen LogP contribution in [-0.4, -0.2) is 38.7 Å². The van der Waals surface area contributed by atoms with Crippen molar-refractivity contribution < 1.29 is 16.8 Å². The quantitative estimate of drug-likeness (QED) is 0.601. The number of nitrogens with zero attached hydrogens (tertiary/aromatic N) is 1. The average molecular weight is 523 g/mol. The van der Waals surface area contributed by atoms with E-state index in [4.69, 9.17) is 0 Å². The van der Waals surface area contributed by atoms with E-state index in [1.807, 2.05) is 30.3 Å². The van der Waals surface area contributed by atoms with Crippen LogP contribution in [0.1, 0.15) is 12.0 Å². The normalized spacial score (nSPS) is 19.7. The van der Waals surface area contributed by atoms with Crippen molar-refractivity contribution in [3.8, 4) is 0 Å². The molecule has 1 atom stereocenters. The monoisotopic (exact) mass is 521 g/mol. The highest BCUT2D eigenvalue weighted by molar-refractivity contribution is 9.11. The minimum Gasteiger partial charge on any atom is -0.229 e. The maximum absolute atomic E-state index is 13.4. The van der Waals surface area contributed by atoms with Gasteiger partial charge in [0.1, 0.15) is 0 Å². The van der Waals surface area contributed by atoms with Gasteiger partial charge in [0, 0.05) is 21.5 Å². The van der Waals surface area contributed by atoms with E-state index in [0.717, 1.165) is 5.56 Å². The Morgan fingerprint density at radius 1 is 1.08 bits per heavy atom. The predicted molar refractivity (Wildman–Crippen MR) is 108 cm³/mol. The summed E-state index contributed by atoms with van der Waals surface area (Å²) >= 11 is 6.61. The summed E-state index contributed by atoms with van der Waals surface area (Å²) in [7, 11) is -7.11. The molecule has 26 heavy (non-hydrogen) atoms. The van der Waals surface area contributed by atoms with E-state index in [0.29, 0.717) is 15.4 Å². The van der Waals surface area contributed by atoms with Gasteiger partial charge in [0.15, 0.2) is 9.84 Å². The fraction of sp³-hybridized carbons (Fsp3) is 0.294. The van der Waals surface area contributed by atoms with Gasteiger partial charge in [-0.2, -0.15) is 4.31 Å². The first-order chi connectivity index (χ1) is 12.2. The Bertz CT molecular complexity index is 1010. The molecule has 5 nitrogen and oxygen atoms in total. The molecule has 140 valence electrons. The van der Waals surface area contributed by atoms with Crippen LogP contribution in [0, 0.1) is 0 Å².